The minimum atomic E-state index is -1.49. The summed E-state index contributed by atoms with van der Waals surface area (Å²) in [5.74, 6) is -0.230. The number of rotatable bonds is 12. The summed E-state index contributed by atoms with van der Waals surface area (Å²) in [4.78, 5) is 55.3. The Bertz CT molecular complexity index is 3050. The molecular weight excluding hydrogens is 831 g/mol. The van der Waals surface area contributed by atoms with Gasteiger partial charge in [-0.2, -0.15) is 5.10 Å². The number of amides is 1. The molecule has 0 bridgehead atoms. The van der Waals surface area contributed by atoms with E-state index in [-0.39, 0.29) is 47.9 Å². The third kappa shape index (κ3) is 7.68. The Kier molecular flexibility index (Phi) is 11.9. The average molecular weight is 882 g/mol. The Balaban J connectivity index is 0.000000178. The van der Waals surface area contributed by atoms with Crippen molar-refractivity contribution in [2.75, 3.05) is 13.2 Å². The van der Waals surface area contributed by atoms with Crippen LogP contribution in [0.5, 0.6) is 17.2 Å². The van der Waals surface area contributed by atoms with Gasteiger partial charge in [0.25, 0.3) is 6.47 Å². The third-order valence-electron chi connectivity index (χ3n) is 12.4. The fraction of sp³-hybridized carbons (Fsp3) is 0.306. The van der Waals surface area contributed by atoms with Crippen molar-refractivity contribution in [1.82, 2.24) is 34.5 Å². The zero-order chi connectivity index (χ0) is 46.3. The van der Waals surface area contributed by atoms with Crippen LogP contribution in [0.2, 0.25) is 0 Å². The molecular formula is C49H51N7O9. The summed E-state index contributed by atoms with van der Waals surface area (Å²) in [5, 5.41) is 42.1. The predicted molar refractivity (Wildman–Crippen MR) is 244 cm³/mol. The largest absolute Gasteiger partial charge is 0.508 e. The number of phenols is 3. The lowest BCUT2D eigenvalue weighted by atomic mass is 9.82. The van der Waals surface area contributed by atoms with E-state index in [2.05, 4.69) is 33.9 Å². The lowest BCUT2D eigenvalue weighted by Gasteiger charge is -2.40. The van der Waals surface area contributed by atoms with E-state index in [1.807, 2.05) is 61.9 Å². The minimum Gasteiger partial charge on any atom is -0.508 e. The Labute approximate surface area is 374 Å². The average Bonchev–Trinajstić information content (AvgIpc) is 3.98. The zero-order valence-corrected chi connectivity index (χ0v) is 36.9. The van der Waals surface area contributed by atoms with Crippen molar-refractivity contribution < 1.29 is 39.2 Å². The molecule has 6 heterocycles. The van der Waals surface area contributed by atoms with Gasteiger partial charge in [0.15, 0.2) is 5.82 Å². The van der Waals surface area contributed by atoms with Crippen LogP contribution >= 0.6 is 0 Å². The first kappa shape index (κ1) is 44.0. The van der Waals surface area contributed by atoms with Gasteiger partial charge in [0.2, 0.25) is 11.5 Å². The van der Waals surface area contributed by atoms with E-state index in [1.165, 1.54) is 10.6 Å². The molecule has 0 fully saturated rings. The molecule has 16 nitrogen and oxygen atoms in total. The number of benzene rings is 3. The molecule has 16 heteroatoms. The summed E-state index contributed by atoms with van der Waals surface area (Å²) in [6, 6.07) is 15.7. The van der Waals surface area contributed by atoms with Crippen molar-refractivity contribution in [2.45, 2.75) is 84.9 Å². The monoisotopic (exact) mass is 881 g/mol. The molecule has 1 atom stereocenters. The lowest BCUT2D eigenvalue weighted by Crippen LogP contribution is -2.49. The first-order valence-electron chi connectivity index (χ1n) is 21.7. The first-order valence-corrected chi connectivity index (χ1v) is 21.7. The van der Waals surface area contributed by atoms with E-state index in [0.29, 0.717) is 60.6 Å². The van der Waals surface area contributed by atoms with Crippen LogP contribution in [0.4, 0.5) is 0 Å². The van der Waals surface area contributed by atoms with E-state index in [9.17, 15) is 34.5 Å². The number of hydrogen-bond donors (Lipinski definition) is 5. The first-order chi connectivity index (χ1) is 31.2. The molecule has 5 N–H and O–H groups in total. The Morgan fingerprint density at radius 1 is 1.06 bits per heavy atom. The van der Waals surface area contributed by atoms with E-state index in [4.69, 9.17) is 14.5 Å². The van der Waals surface area contributed by atoms with Gasteiger partial charge in [0.1, 0.15) is 23.9 Å². The maximum Gasteiger partial charge on any atom is 0.355 e. The second-order valence-corrected chi connectivity index (χ2v) is 16.5. The highest BCUT2D eigenvalue weighted by Gasteiger charge is 2.51. The number of pyridine rings is 1. The molecule has 1 amide bonds. The highest BCUT2D eigenvalue weighted by atomic mass is 16.6. The number of nitrogens with zero attached hydrogens (tertiary/aromatic N) is 5. The van der Waals surface area contributed by atoms with Crippen molar-refractivity contribution >= 4 is 45.9 Å². The van der Waals surface area contributed by atoms with Gasteiger partial charge in [-0.1, -0.05) is 41.2 Å². The molecule has 0 saturated carbocycles. The molecule has 0 saturated heterocycles. The van der Waals surface area contributed by atoms with Gasteiger partial charge in [-0.3, -0.25) is 9.59 Å². The van der Waals surface area contributed by atoms with Gasteiger partial charge in [0, 0.05) is 70.5 Å². The van der Waals surface area contributed by atoms with Crippen LogP contribution in [0.15, 0.2) is 95.1 Å². The third-order valence-corrected chi connectivity index (χ3v) is 12.4. The maximum absolute atomic E-state index is 12.7. The highest BCUT2D eigenvalue weighted by molar-refractivity contribution is 5.93. The maximum atomic E-state index is 12.7. The van der Waals surface area contributed by atoms with E-state index in [0.717, 1.165) is 62.7 Å². The van der Waals surface area contributed by atoms with Gasteiger partial charge < -0.3 is 39.6 Å². The quantitative estimate of drug-likeness (QED) is 0.0621. The van der Waals surface area contributed by atoms with Gasteiger partial charge >= 0.3 is 11.7 Å². The van der Waals surface area contributed by atoms with Gasteiger partial charge in [-0.15, -0.1) is 0 Å². The molecule has 3 aromatic carbocycles. The summed E-state index contributed by atoms with van der Waals surface area (Å²) >= 11 is 0. The number of cyclic esters (lactones) is 1. The minimum absolute atomic E-state index is 0.00525. The molecule has 1 unspecified atom stereocenters. The number of carbonyl (C=O) groups excluding carboxylic acids is 3. The number of esters is 1. The smallest absolute Gasteiger partial charge is 0.355 e. The van der Waals surface area contributed by atoms with Crippen LogP contribution < -0.4 is 11.0 Å². The number of aromatic nitrogens is 5. The summed E-state index contributed by atoms with van der Waals surface area (Å²) in [6.45, 7) is 16.1. The number of carbonyl (C=O) groups is 3. The normalized spacial score (nSPS) is 16.5. The van der Waals surface area contributed by atoms with Crippen LogP contribution in [-0.2, 0) is 43.4 Å². The zero-order valence-electron chi connectivity index (χ0n) is 36.9. The molecule has 3 aromatic heterocycles. The summed E-state index contributed by atoms with van der Waals surface area (Å²) in [7, 11) is 0. The lowest BCUT2D eigenvalue weighted by molar-refractivity contribution is -0.172. The fourth-order valence-corrected chi connectivity index (χ4v) is 9.05. The molecule has 3 aliphatic rings. The Hall–Kier alpha value is -7.62. The van der Waals surface area contributed by atoms with Gasteiger partial charge in [-0.25, -0.2) is 24.2 Å². The van der Waals surface area contributed by atoms with Crippen LogP contribution in [0.3, 0.4) is 0 Å². The van der Waals surface area contributed by atoms with E-state index in [1.54, 1.807) is 31.2 Å². The number of nitrogens with one attached hydrogen (secondary N) is 2. The van der Waals surface area contributed by atoms with Crippen LogP contribution in [0.1, 0.15) is 82.2 Å². The van der Waals surface area contributed by atoms with E-state index < -0.39 is 17.3 Å². The number of fused-ring (bicyclic) bond motifs is 5. The van der Waals surface area contributed by atoms with Crippen molar-refractivity contribution in [2.24, 2.45) is 0 Å². The van der Waals surface area contributed by atoms with E-state index >= 15 is 0 Å². The standard InChI is InChI=1S/C25H29N5O4.C24H22N2O5/c1-4-5-23(33)26-9-11-29-10-8-16-12-17(6-7-20(16)29)30-24(27-28-25(30)34)19-13-18(15(2)3)21(31)14-22(19)32;1-4-15-16-8-14(28)6-7-20(16)25-22-17(15)10-26-13(3)18-11-30-23(29)24(5-2,31-12-27)19(18)9-21(22)26/h6-8,10,12-15,31-32H,4-5,9,11H2,1-3H3,(H,26,33)(H,28,34);6-9,12,28H,3-5,10-11H2,1-2H3. The van der Waals surface area contributed by atoms with Crippen LogP contribution in [0, 0.1) is 0 Å². The number of hydrogen-bond acceptors (Lipinski definition) is 12. The topological polar surface area (TPSA) is 214 Å². The second-order valence-electron chi connectivity index (χ2n) is 16.5. The SMILES string of the molecule is C=C1C2=C(C=C3c4nc5ccc(O)cc5c(CC)c4CN13)C(CC)(OC=O)C(=O)OC2.CCCC(=O)NCCn1ccc2cc(-n3c(-c4cc(C(C)C)c(O)cc4O)n[nH]c3=O)ccc21. The number of ether oxygens (including phenoxy) is 2. The summed E-state index contributed by atoms with van der Waals surface area (Å²) in [6.07, 6.45) is 6.20. The number of aryl methyl sites for hydroxylation is 1. The molecule has 9 rings (SSSR count). The molecule has 0 aliphatic carbocycles. The van der Waals surface area contributed by atoms with Gasteiger partial charge in [0.05, 0.1) is 34.7 Å². The number of aromatic amines is 1. The van der Waals surface area contributed by atoms with Crippen molar-refractivity contribution in [3.63, 3.8) is 0 Å². The molecule has 0 radical (unpaired) electrons. The van der Waals surface area contributed by atoms with Crippen LogP contribution in [-0.4, -0.2) is 81.6 Å². The van der Waals surface area contributed by atoms with Gasteiger partial charge in [-0.05, 0) is 90.9 Å². The second kappa shape index (κ2) is 17.5. The van der Waals surface area contributed by atoms with Crippen molar-refractivity contribution in [3.8, 4) is 34.3 Å². The molecule has 3 aliphatic heterocycles. The predicted octanol–water partition coefficient (Wildman–Crippen LogP) is 7.00. The summed E-state index contributed by atoms with van der Waals surface area (Å²) in [5.41, 5.74) is 7.31. The van der Waals surface area contributed by atoms with Crippen molar-refractivity contribution in [1.29, 1.82) is 0 Å². The number of aromatic hydroxyl groups is 3. The number of phenolic OH excluding ortho intramolecular Hbond substituents is 3. The molecule has 6 aromatic rings. The fourth-order valence-electron chi connectivity index (χ4n) is 9.05. The van der Waals surface area contributed by atoms with Crippen molar-refractivity contribution in [3.05, 3.63) is 123 Å². The van der Waals surface area contributed by atoms with Crippen LogP contribution in [0.25, 0.3) is 44.6 Å². The number of H-pyrrole nitrogens is 1. The summed E-state index contributed by atoms with van der Waals surface area (Å²) < 4.78 is 14.2. The highest BCUT2D eigenvalue weighted by Crippen LogP contribution is 2.48. The molecule has 65 heavy (non-hydrogen) atoms. The Morgan fingerprint density at radius 3 is 2.58 bits per heavy atom. The molecule has 0 spiro atoms. The Morgan fingerprint density at radius 2 is 1.86 bits per heavy atom. The molecule has 336 valence electrons.